The second-order valence-corrected chi connectivity index (χ2v) is 6.74. The average Bonchev–Trinajstić information content (AvgIpc) is 3.34. The SMILES string of the molecule is O=C1NC(=O)/C(=C/c2ccc(OC[C@@H]3CN3c3ccccn3)cc2)S1. The average molecular weight is 353 g/mol. The van der Waals surface area contributed by atoms with Gasteiger partial charge in [0.1, 0.15) is 18.2 Å². The van der Waals surface area contributed by atoms with Gasteiger partial charge in [-0.1, -0.05) is 18.2 Å². The van der Waals surface area contributed by atoms with Crippen LogP contribution >= 0.6 is 11.8 Å². The number of rotatable bonds is 5. The third-order valence-corrected chi connectivity index (χ3v) is 4.73. The Labute approximate surface area is 148 Å². The van der Waals surface area contributed by atoms with E-state index in [0.29, 0.717) is 17.6 Å². The molecule has 0 aliphatic carbocycles. The summed E-state index contributed by atoms with van der Waals surface area (Å²) in [7, 11) is 0. The van der Waals surface area contributed by atoms with Gasteiger partial charge in [-0.3, -0.25) is 14.9 Å². The van der Waals surface area contributed by atoms with Crippen molar-refractivity contribution in [2.45, 2.75) is 6.04 Å². The van der Waals surface area contributed by atoms with Gasteiger partial charge in [-0.25, -0.2) is 4.98 Å². The van der Waals surface area contributed by atoms with E-state index in [2.05, 4.69) is 15.2 Å². The Balaban J connectivity index is 1.32. The molecule has 2 saturated heterocycles. The van der Waals surface area contributed by atoms with E-state index in [1.807, 2.05) is 42.5 Å². The van der Waals surface area contributed by atoms with Gasteiger partial charge in [0.25, 0.3) is 11.1 Å². The summed E-state index contributed by atoms with van der Waals surface area (Å²) >= 11 is 0.912. The van der Waals surface area contributed by atoms with Crippen LogP contribution in [-0.2, 0) is 4.79 Å². The van der Waals surface area contributed by atoms with Crippen molar-refractivity contribution in [2.75, 3.05) is 18.1 Å². The number of ether oxygens (including phenoxy) is 1. The maximum atomic E-state index is 11.5. The molecule has 7 heteroatoms. The molecule has 2 aliphatic heterocycles. The van der Waals surface area contributed by atoms with Crippen molar-refractivity contribution >= 4 is 34.8 Å². The number of thioether (sulfide) groups is 1. The van der Waals surface area contributed by atoms with Gasteiger partial charge in [-0.2, -0.15) is 0 Å². The topological polar surface area (TPSA) is 71.3 Å². The van der Waals surface area contributed by atoms with Crippen LogP contribution in [0.25, 0.3) is 6.08 Å². The second kappa shape index (κ2) is 6.60. The lowest BCUT2D eigenvalue weighted by atomic mass is 10.2. The molecule has 1 N–H and O–H groups in total. The van der Waals surface area contributed by atoms with Gasteiger partial charge in [0, 0.05) is 12.7 Å². The summed E-state index contributed by atoms with van der Waals surface area (Å²) in [5.74, 6) is 1.40. The molecule has 2 aliphatic rings. The summed E-state index contributed by atoms with van der Waals surface area (Å²) in [4.78, 5) is 29.6. The number of carbonyl (C=O) groups excluding carboxylic acids is 2. The van der Waals surface area contributed by atoms with E-state index < -0.39 is 0 Å². The third kappa shape index (κ3) is 3.66. The van der Waals surface area contributed by atoms with E-state index >= 15 is 0 Å². The third-order valence-electron chi connectivity index (χ3n) is 3.92. The molecular weight excluding hydrogens is 338 g/mol. The Morgan fingerprint density at radius 3 is 2.76 bits per heavy atom. The van der Waals surface area contributed by atoms with Crippen molar-refractivity contribution in [3.63, 3.8) is 0 Å². The number of imide groups is 1. The van der Waals surface area contributed by atoms with Crippen LogP contribution in [0, 0.1) is 0 Å². The first-order valence-electron chi connectivity index (χ1n) is 7.84. The number of benzene rings is 1. The van der Waals surface area contributed by atoms with Gasteiger partial charge in [0.2, 0.25) is 0 Å². The van der Waals surface area contributed by atoms with Crippen LogP contribution in [0.1, 0.15) is 5.56 Å². The number of nitrogens with zero attached hydrogens (tertiary/aromatic N) is 2. The molecule has 1 aromatic carbocycles. The minimum atomic E-state index is -0.348. The van der Waals surface area contributed by atoms with Gasteiger partial charge in [0.15, 0.2) is 0 Å². The van der Waals surface area contributed by atoms with Gasteiger partial charge >= 0.3 is 0 Å². The molecule has 0 bridgehead atoms. The first kappa shape index (κ1) is 15.7. The van der Waals surface area contributed by atoms with Crippen LogP contribution < -0.4 is 15.0 Å². The summed E-state index contributed by atoms with van der Waals surface area (Å²) < 4.78 is 5.82. The Morgan fingerprint density at radius 1 is 1.24 bits per heavy atom. The number of pyridine rings is 1. The van der Waals surface area contributed by atoms with E-state index in [-0.39, 0.29) is 11.1 Å². The standard InChI is InChI=1S/C18H15N3O3S/c22-17-15(25-18(23)20-17)9-12-4-6-14(7-5-12)24-11-13-10-21(13)16-3-1-2-8-19-16/h1-9,13H,10-11H2,(H,20,22,23)/b15-9-/t13-,21?/m0/s1. The van der Waals surface area contributed by atoms with Crippen molar-refractivity contribution in [2.24, 2.45) is 0 Å². The predicted molar refractivity (Wildman–Crippen MR) is 96.4 cm³/mol. The smallest absolute Gasteiger partial charge is 0.290 e. The Kier molecular flexibility index (Phi) is 4.15. The molecule has 25 heavy (non-hydrogen) atoms. The van der Waals surface area contributed by atoms with Gasteiger partial charge < -0.3 is 9.64 Å². The van der Waals surface area contributed by atoms with E-state index in [1.165, 1.54) is 0 Å². The molecule has 126 valence electrons. The van der Waals surface area contributed by atoms with Crippen LogP contribution in [0.5, 0.6) is 5.75 Å². The fraction of sp³-hybridized carbons (Fsp3) is 0.167. The van der Waals surface area contributed by atoms with Gasteiger partial charge in [-0.05, 0) is 47.7 Å². The minimum absolute atomic E-state index is 0.335. The fourth-order valence-electron chi connectivity index (χ4n) is 2.55. The molecule has 0 unspecified atom stereocenters. The Bertz CT molecular complexity index is 836. The zero-order valence-corrected chi connectivity index (χ0v) is 14.0. The Morgan fingerprint density at radius 2 is 2.08 bits per heavy atom. The van der Waals surface area contributed by atoms with E-state index in [9.17, 15) is 9.59 Å². The summed E-state index contributed by atoms with van der Waals surface area (Å²) in [6, 6.07) is 13.7. The first-order valence-corrected chi connectivity index (χ1v) is 8.66. The fourth-order valence-corrected chi connectivity index (χ4v) is 3.23. The number of anilines is 1. The van der Waals surface area contributed by atoms with Crippen molar-refractivity contribution < 1.29 is 14.3 Å². The second-order valence-electron chi connectivity index (χ2n) is 5.73. The zero-order chi connectivity index (χ0) is 17.2. The normalized spacial score (nSPS) is 20.7. The van der Waals surface area contributed by atoms with E-state index in [4.69, 9.17) is 4.74 Å². The van der Waals surface area contributed by atoms with Crippen LogP contribution in [0.4, 0.5) is 10.6 Å². The van der Waals surface area contributed by atoms with Crippen molar-refractivity contribution in [1.82, 2.24) is 10.3 Å². The molecule has 4 rings (SSSR count). The summed E-state index contributed by atoms with van der Waals surface area (Å²) in [5.41, 5.74) is 0.848. The quantitative estimate of drug-likeness (QED) is 0.658. The lowest BCUT2D eigenvalue weighted by Gasteiger charge is -2.07. The maximum Gasteiger partial charge on any atom is 0.290 e. The highest BCUT2D eigenvalue weighted by atomic mass is 32.2. The zero-order valence-electron chi connectivity index (χ0n) is 13.2. The molecule has 1 atom stereocenters. The van der Waals surface area contributed by atoms with Crippen molar-refractivity contribution in [3.05, 3.63) is 59.1 Å². The van der Waals surface area contributed by atoms with Crippen LogP contribution in [-0.4, -0.2) is 35.3 Å². The number of carbonyl (C=O) groups is 2. The number of hydrogen-bond donors (Lipinski definition) is 1. The summed E-state index contributed by atoms with van der Waals surface area (Å²) in [6.07, 6.45) is 3.48. The molecule has 2 fully saturated rings. The molecule has 0 saturated carbocycles. The van der Waals surface area contributed by atoms with Gasteiger partial charge in [-0.15, -0.1) is 0 Å². The maximum absolute atomic E-state index is 11.5. The highest BCUT2D eigenvalue weighted by Gasteiger charge is 2.35. The predicted octanol–water partition coefficient (Wildman–Crippen LogP) is 2.67. The molecular formula is C18H15N3O3S. The van der Waals surface area contributed by atoms with E-state index in [1.54, 1.807) is 12.3 Å². The molecule has 0 spiro atoms. The van der Waals surface area contributed by atoms with Crippen molar-refractivity contribution in [3.8, 4) is 5.75 Å². The summed E-state index contributed by atoms with van der Waals surface area (Å²) in [6.45, 7) is 1.55. The largest absolute Gasteiger partial charge is 0.491 e. The highest BCUT2D eigenvalue weighted by molar-refractivity contribution is 8.18. The number of amides is 2. The number of nitrogens with one attached hydrogen (secondary N) is 1. The first-order chi connectivity index (χ1) is 12.2. The number of hydrogen-bond acceptors (Lipinski definition) is 6. The van der Waals surface area contributed by atoms with E-state index in [0.717, 1.165) is 35.4 Å². The van der Waals surface area contributed by atoms with Crippen molar-refractivity contribution in [1.29, 1.82) is 0 Å². The van der Waals surface area contributed by atoms with Crippen LogP contribution in [0.15, 0.2) is 53.6 Å². The Hall–Kier alpha value is -2.80. The number of aromatic nitrogens is 1. The van der Waals surface area contributed by atoms with Crippen LogP contribution in [0.3, 0.4) is 0 Å². The van der Waals surface area contributed by atoms with Crippen LogP contribution in [0.2, 0.25) is 0 Å². The minimum Gasteiger partial charge on any atom is -0.491 e. The molecule has 2 amide bonds. The molecule has 1 aromatic heterocycles. The highest BCUT2D eigenvalue weighted by Crippen LogP contribution is 2.27. The molecule has 3 heterocycles. The molecule has 6 nitrogen and oxygen atoms in total. The van der Waals surface area contributed by atoms with Gasteiger partial charge in [0.05, 0.1) is 10.9 Å². The summed E-state index contributed by atoms with van der Waals surface area (Å²) in [5, 5.41) is 1.90. The lowest BCUT2D eigenvalue weighted by molar-refractivity contribution is -0.115. The lowest BCUT2D eigenvalue weighted by Crippen LogP contribution is -2.17. The monoisotopic (exact) mass is 353 g/mol. The molecule has 2 aromatic rings. The molecule has 0 radical (unpaired) electrons.